The second kappa shape index (κ2) is 5.00. The van der Waals surface area contributed by atoms with Gasteiger partial charge in [0.05, 0.1) is 16.7 Å². The molecule has 0 bridgehead atoms. The summed E-state index contributed by atoms with van der Waals surface area (Å²) in [7, 11) is 0. The smallest absolute Gasteiger partial charge is 0.397 e. The van der Waals surface area contributed by atoms with E-state index in [9.17, 15) is 23.3 Å². The first-order chi connectivity index (χ1) is 7.76. The molecule has 6 nitrogen and oxygen atoms in total. The van der Waals surface area contributed by atoms with Crippen LogP contribution in [-0.4, -0.2) is 16.3 Å². The van der Waals surface area contributed by atoms with Crippen LogP contribution in [-0.2, 0) is 6.54 Å². The Kier molecular flexibility index (Phi) is 4.08. The minimum absolute atomic E-state index is 0.0997. The van der Waals surface area contributed by atoms with Crippen LogP contribution < -0.4 is 10.5 Å². The van der Waals surface area contributed by atoms with E-state index in [1.807, 2.05) is 0 Å². The van der Waals surface area contributed by atoms with Crippen molar-refractivity contribution in [1.82, 2.24) is 4.98 Å². The van der Waals surface area contributed by atoms with E-state index in [1.165, 1.54) is 0 Å². The molecule has 0 spiro atoms. The van der Waals surface area contributed by atoms with Crippen LogP contribution in [0.1, 0.15) is 5.56 Å². The summed E-state index contributed by atoms with van der Waals surface area (Å²) >= 11 is 1.64. The molecule has 0 aromatic carbocycles. The van der Waals surface area contributed by atoms with Gasteiger partial charge in [0, 0.05) is 6.54 Å². The molecule has 0 atom stereocenters. The lowest BCUT2D eigenvalue weighted by atomic mass is 10.2. The Morgan fingerprint density at radius 2 is 2.18 bits per heavy atom. The molecule has 0 aliphatic rings. The van der Waals surface area contributed by atoms with Crippen molar-refractivity contribution in [2.45, 2.75) is 12.9 Å². The van der Waals surface area contributed by atoms with Crippen LogP contribution in [0.3, 0.4) is 0 Å². The molecule has 0 radical (unpaired) electrons. The normalized spacial score (nSPS) is 11.4. The lowest BCUT2D eigenvalue weighted by Gasteiger charge is -2.11. The largest absolute Gasteiger partial charge is 0.573 e. The van der Waals surface area contributed by atoms with Gasteiger partial charge in [0.1, 0.15) is 3.70 Å². The highest BCUT2D eigenvalue weighted by Crippen LogP contribution is 2.35. The van der Waals surface area contributed by atoms with Crippen LogP contribution in [0, 0.1) is 13.8 Å². The highest BCUT2D eigenvalue weighted by molar-refractivity contribution is 14.1. The summed E-state index contributed by atoms with van der Waals surface area (Å²) in [5.74, 6) is -0.969. The average Bonchev–Trinajstić information content (AvgIpc) is 2.17. The summed E-state index contributed by atoms with van der Waals surface area (Å²) in [6, 6.07) is 0. The van der Waals surface area contributed by atoms with Crippen molar-refractivity contribution in [3.05, 3.63) is 25.6 Å². The highest BCUT2D eigenvalue weighted by Gasteiger charge is 2.36. The molecule has 10 heteroatoms. The molecular weight excluding hydrogens is 358 g/mol. The van der Waals surface area contributed by atoms with Crippen molar-refractivity contribution >= 4 is 28.3 Å². The lowest BCUT2D eigenvalue weighted by Crippen LogP contribution is -2.19. The summed E-state index contributed by atoms with van der Waals surface area (Å²) in [6.07, 6.45) is -4.38. The molecule has 1 aromatic heterocycles. The molecule has 17 heavy (non-hydrogen) atoms. The zero-order valence-corrected chi connectivity index (χ0v) is 10.2. The van der Waals surface area contributed by atoms with E-state index in [4.69, 9.17) is 5.73 Å². The highest BCUT2D eigenvalue weighted by atomic mass is 127. The van der Waals surface area contributed by atoms with E-state index in [1.54, 1.807) is 22.6 Å². The molecule has 2 N–H and O–H groups in total. The number of halogens is 4. The van der Waals surface area contributed by atoms with Crippen molar-refractivity contribution in [2.24, 2.45) is 5.73 Å². The number of nitrogens with two attached hydrogens (primary N) is 1. The van der Waals surface area contributed by atoms with Crippen LogP contribution in [0.5, 0.6) is 5.75 Å². The Hall–Kier alpha value is -1.17. The Balaban J connectivity index is 3.36. The summed E-state index contributed by atoms with van der Waals surface area (Å²) < 4.78 is 39.7. The molecular formula is C7H5F3IN3O3. The lowest BCUT2D eigenvalue weighted by molar-refractivity contribution is -0.389. The molecule has 1 aromatic rings. The van der Waals surface area contributed by atoms with Gasteiger partial charge in [-0.2, -0.15) is 0 Å². The van der Waals surface area contributed by atoms with E-state index < -0.39 is 22.7 Å². The second-order valence-electron chi connectivity index (χ2n) is 2.75. The van der Waals surface area contributed by atoms with Gasteiger partial charge in [-0.1, -0.05) is 0 Å². The Morgan fingerprint density at radius 1 is 1.59 bits per heavy atom. The minimum atomic E-state index is -5.02. The van der Waals surface area contributed by atoms with Gasteiger partial charge in [0.2, 0.25) is 5.75 Å². The molecule has 0 amide bonds. The first-order valence-electron chi connectivity index (χ1n) is 4.04. The molecule has 0 saturated carbocycles. The van der Waals surface area contributed by atoms with Crippen LogP contribution >= 0.6 is 22.6 Å². The van der Waals surface area contributed by atoms with Gasteiger partial charge in [-0.3, -0.25) is 10.1 Å². The van der Waals surface area contributed by atoms with Crippen molar-refractivity contribution in [3.8, 4) is 5.75 Å². The fraction of sp³-hybridized carbons (Fsp3) is 0.286. The summed E-state index contributed by atoms with van der Waals surface area (Å²) in [6.45, 7) is -0.309. The molecule has 0 aliphatic heterocycles. The molecule has 94 valence electrons. The Bertz CT molecular complexity index is 452. The minimum Gasteiger partial charge on any atom is -0.397 e. The zero-order chi connectivity index (χ0) is 13.2. The Labute approximate surface area is 106 Å². The van der Waals surface area contributed by atoms with Gasteiger partial charge in [-0.25, -0.2) is 4.98 Å². The van der Waals surface area contributed by atoms with Crippen LogP contribution in [0.2, 0.25) is 0 Å². The summed E-state index contributed by atoms with van der Waals surface area (Å²) in [4.78, 5) is 13.3. The van der Waals surface area contributed by atoms with Gasteiger partial charge in [0.15, 0.2) is 0 Å². The van der Waals surface area contributed by atoms with Crippen LogP contribution in [0.4, 0.5) is 18.9 Å². The second-order valence-corrected chi connectivity index (χ2v) is 3.77. The van der Waals surface area contributed by atoms with Crippen molar-refractivity contribution < 1.29 is 22.8 Å². The van der Waals surface area contributed by atoms with E-state index in [0.29, 0.717) is 6.20 Å². The fourth-order valence-corrected chi connectivity index (χ4v) is 1.70. The molecule has 1 heterocycles. The van der Waals surface area contributed by atoms with E-state index in [0.717, 1.165) is 0 Å². The van der Waals surface area contributed by atoms with Gasteiger partial charge in [-0.05, 0) is 22.6 Å². The fourth-order valence-electron chi connectivity index (χ4n) is 1.08. The monoisotopic (exact) mass is 363 g/mol. The maximum Gasteiger partial charge on any atom is 0.573 e. The number of pyridine rings is 1. The number of rotatable bonds is 3. The van der Waals surface area contributed by atoms with Crippen molar-refractivity contribution in [2.75, 3.05) is 0 Å². The number of nitro groups is 1. The molecule has 0 aliphatic carbocycles. The quantitative estimate of drug-likeness (QED) is 0.384. The number of hydrogen-bond donors (Lipinski definition) is 1. The standard InChI is InChI=1S/C7H5F3IN3O3/c8-7(9,10)17-4-2-13-6(11)3(1-12)5(4)14(15)16/h2H,1,12H2. The number of ether oxygens (including phenoxy) is 1. The SMILES string of the molecule is NCc1c(I)ncc(OC(F)(F)F)c1[N+](=O)[O-]. The Morgan fingerprint density at radius 3 is 2.59 bits per heavy atom. The zero-order valence-electron chi connectivity index (χ0n) is 7.99. The van der Waals surface area contributed by atoms with E-state index >= 15 is 0 Å². The number of hydrogen-bond acceptors (Lipinski definition) is 5. The van der Waals surface area contributed by atoms with Crippen molar-refractivity contribution in [3.63, 3.8) is 0 Å². The topological polar surface area (TPSA) is 91.3 Å². The number of nitrogens with zero attached hydrogens (tertiary/aromatic N) is 2. The van der Waals surface area contributed by atoms with Gasteiger partial charge < -0.3 is 10.5 Å². The molecule has 0 fully saturated rings. The number of alkyl halides is 3. The van der Waals surface area contributed by atoms with E-state index in [-0.39, 0.29) is 15.8 Å². The van der Waals surface area contributed by atoms with Gasteiger partial charge >= 0.3 is 12.0 Å². The third kappa shape index (κ3) is 3.39. The maximum atomic E-state index is 12.0. The van der Waals surface area contributed by atoms with Crippen molar-refractivity contribution in [1.29, 1.82) is 0 Å². The maximum absolute atomic E-state index is 12.0. The molecule has 0 unspecified atom stereocenters. The molecule has 0 saturated heterocycles. The third-order valence-electron chi connectivity index (χ3n) is 1.68. The molecule has 1 rings (SSSR count). The van der Waals surface area contributed by atoms with Gasteiger partial charge in [-0.15, -0.1) is 13.2 Å². The first-order valence-corrected chi connectivity index (χ1v) is 5.11. The first kappa shape index (κ1) is 13.9. The summed E-state index contributed by atoms with van der Waals surface area (Å²) in [5, 5.41) is 10.7. The predicted molar refractivity (Wildman–Crippen MR) is 58.2 cm³/mol. The van der Waals surface area contributed by atoms with Gasteiger partial charge in [0.25, 0.3) is 0 Å². The average molecular weight is 363 g/mol. The third-order valence-corrected chi connectivity index (χ3v) is 2.61. The number of aromatic nitrogens is 1. The predicted octanol–water partition coefficient (Wildman–Crippen LogP) is 1.95. The van der Waals surface area contributed by atoms with Crippen LogP contribution in [0.25, 0.3) is 0 Å². The van der Waals surface area contributed by atoms with E-state index in [2.05, 4.69) is 9.72 Å². The van der Waals surface area contributed by atoms with Crippen LogP contribution in [0.15, 0.2) is 6.20 Å². The summed E-state index contributed by atoms with van der Waals surface area (Å²) in [5.41, 5.74) is 4.32.